The lowest BCUT2D eigenvalue weighted by Gasteiger charge is -2.18. The fraction of sp³-hybridized carbons (Fsp3) is 0.214. The SMILES string of the molecule is COc1cc(OC)c(OC)cc1/C=C/C(=O)OC(C(=O)Nc1cc(C)ccc1OC)c1ccccc1. The molecule has 0 fully saturated rings. The summed E-state index contributed by atoms with van der Waals surface area (Å²) in [6.07, 6.45) is 1.55. The summed E-state index contributed by atoms with van der Waals surface area (Å²) in [5.41, 5.74) is 2.50. The van der Waals surface area contributed by atoms with Gasteiger partial charge >= 0.3 is 5.97 Å². The summed E-state index contributed by atoms with van der Waals surface area (Å²) in [6, 6.07) is 17.5. The number of anilines is 1. The molecular formula is C28H29NO7. The molecule has 0 aliphatic carbocycles. The molecule has 0 spiro atoms. The lowest BCUT2D eigenvalue weighted by molar-refractivity contribution is -0.149. The van der Waals surface area contributed by atoms with Gasteiger partial charge < -0.3 is 29.0 Å². The molecule has 1 amide bonds. The number of methoxy groups -OCH3 is 4. The fourth-order valence-corrected chi connectivity index (χ4v) is 3.51. The molecule has 36 heavy (non-hydrogen) atoms. The van der Waals surface area contributed by atoms with E-state index < -0.39 is 18.0 Å². The standard InChI is InChI=1S/C28H29NO7/c1-18-11-13-22(32-2)21(15-18)29-28(31)27(19-9-7-6-8-10-19)36-26(30)14-12-20-16-24(34-4)25(35-5)17-23(20)33-3/h6-17,27H,1-5H3,(H,29,31)/b14-12+. The van der Waals surface area contributed by atoms with Crippen LogP contribution in [0.25, 0.3) is 6.08 Å². The van der Waals surface area contributed by atoms with Crippen LogP contribution in [0, 0.1) is 6.92 Å². The van der Waals surface area contributed by atoms with Gasteiger partial charge in [0.2, 0.25) is 6.10 Å². The maximum absolute atomic E-state index is 13.2. The van der Waals surface area contributed by atoms with E-state index in [2.05, 4.69) is 5.32 Å². The third-order valence-corrected chi connectivity index (χ3v) is 5.32. The predicted octanol–water partition coefficient (Wildman–Crippen LogP) is 4.97. The first-order valence-corrected chi connectivity index (χ1v) is 11.1. The Balaban J connectivity index is 1.85. The van der Waals surface area contributed by atoms with Crippen LogP contribution in [-0.4, -0.2) is 40.3 Å². The maximum atomic E-state index is 13.2. The molecule has 3 rings (SSSR count). The van der Waals surface area contributed by atoms with Crippen LogP contribution in [-0.2, 0) is 14.3 Å². The molecule has 0 aliphatic heterocycles. The van der Waals surface area contributed by atoms with Crippen LogP contribution in [0.3, 0.4) is 0 Å². The molecular weight excluding hydrogens is 462 g/mol. The van der Waals surface area contributed by atoms with Gasteiger partial charge in [-0.3, -0.25) is 4.79 Å². The lowest BCUT2D eigenvalue weighted by Crippen LogP contribution is -2.25. The Morgan fingerprint density at radius 1 is 0.778 bits per heavy atom. The Morgan fingerprint density at radius 3 is 2.06 bits per heavy atom. The van der Waals surface area contributed by atoms with Crippen molar-refractivity contribution in [2.24, 2.45) is 0 Å². The Bertz CT molecular complexity index is 1240. The highest BCUT2D eigenvalue weighted by Crippen LogP contribution is 2.35. The lowest BCUT2D eigenvalue weighted by atomic mass is 10.1. The molecule has 8 heteroatoms. The van der Waals surface area contributed by atoms with E-state index in [1.54, 1.807) is 48.5 Å². The summed E-state index contributed by atoms with van der Waals surface area (Å²) in [6.45, 7) is 1.90. The number of ether oxygens (including phenoxy) is 5. The molecule has 1 atom stereocenters. The molecule has 3 aromatic carbocycles. The van der Waals surface area contributed by atoms with Crippen molar-refractivity contribution in [3.8, 4) is 23.0 Å². The number of carbonyl (C=O) groups is 2. The van der Waals surface area contributed by atoms with Crippen LogP contribution < -0.4 is 24.3 Å². The van der Waals surface area contributed by atoms with Crippen molar-refractivity contribution >= 4 is 23.6 Å². The number of hydrogen-bond acceptors (Lipinski definition) is 7. The van der Waals surface area contributed by atoms with Gasteiger partial charge in [0.05, 0.1) is 34.1 Å². The van der Waals surface area contributed by atoms with Gasteiger partial charge in [0.25, 0.3) is 5.91 Å². The maximum Gasteiger partial charge on any atom is 0.331 e. The molecule has 0 saturated heterocycles. The summed E-state index contributed by atoms with van der Waals surface area (Å²) in [4.78, 5) is 26.0. The Kier molecular flexibility index (Phi) is 8.94. The highest BCUT2D eigenvalue weighted by molar-refractivity contribution is 5.98. The van der Waals surface area contributed by atoms with Gasteiger partial charge in [-0.2, -0.15) is 0 Å². The normalized spacial score (nSPS) is 11.5. The number of carbonyl (C=O) groups excluding carboxylic acids is 2. The summed E-state index contributed by atoms with van der Waals surface area (Å²) >= 11 is 0. The van der Waals surface area contributed by atoms with Gasteiger partial charge in [0, 0.05) is 23.3 Å². The first kappa shape index (κ1) is 26.2. The number of benzene rings is 3. The fourth-order valence-electron chi connectivity index (χ4n) is 3.51. The van der Waals surface area contributed by atoms with Gasteiger partial charge in [0.1, 0.15) is 11.5 Å². The minimum absolute atomic E-state index is 0.472. The molecule has 1 N–H and O–H groups in total. The molecule has 0 aliphatic rings. The highest BCUT2D eigenvalue weighted by atomic mass is 16.5. The molecule has 1 unspecified atom stereocenters. The van der Waals surface area contributed by atoms with Crippen molar-refractivity contribution in [3.63, 3.8) is 0 Å². The second-order valence-electron chi connectivity index (χ2n) is 7.70. The van der Waals surface area contributed by atoms with Crippen molar-refractivity contribution < 1.29 is 33.3 Å². The number of nitrogens with one attached hydrogen (secondary N) is 1. The molecule has 0 aromatic heterocycles. The van der Waals surface area contributed by atoms with Crippen LogP contribution in [0.2, 0.25) is 0 Å². The average molecular weight is 492 g/mol. The van der Waals surface area contributed by atoms with Crippen LogP contribution in [0.4, 0.5) is 5.69 Å². The van der Waals surface area contributed by atoms with Crippen molar-refractivity contribution in [1.82, 2.24) is 0 Å². The summed E-state index contributed by atoms with van der Waals surface area (Å²) < 4.78 is 26.9. The van der Waals surface area contributed by atoms with Gasteiger partial charge in [-0.05, 0) is 36.8 Å². The first-order chi connectivity index (χ1) is 17.4. The monoisotopic (exact) mass is 491 g/mol. The van der Waals surface area contributed by atoms with Crippen molar-refractivity contribution in [3.05, 3.63) is 83.4 Å². The zero-order valence-electron chi connectivity index (χ0n) is 20.9. The molecule has 0 heterocycles. The number of rotatable bonds is 10. The van der Waals surface area contributed by atoms with Crippen LogP contribution in [0.5, 0.6) is 23.0 Å². The number of aryl methyl sites for hydroxylation is 1. The van der Waals surface area contributed by atoms with E-state index in [9.17, 15) is 9.59 Å². The summed E-state index contributed by atoms with van der Waals surface area (Å²) in [7, 11) is 6.05. The Labute approximate surface area is 210 Å². The van der Waals surface area contributed by atoms with Gasteiger partial charge in [-0.15, -0.1) is 0 Å². The largest absolute Gasteiger partial charge is 0.496 e. The van der Waals surface area contributed by atoms with E-state index in [-0.39, 0.29) is 0 Å². The second kappa shape index (κ2) is 12.3. The molecule has 0 saturated carbocycles. The number of amides is 1. The van der Waals surface area contributed by atoms with Crippen molar-refractivity contribution in [1.29, 1.82) is 0 Å². The second-order valence-corrected chi connectivity index (χ2v) is 7.70. The highest BCUT2D eigenvalue weighted by Gasteiger charge is 2.25. The van der Waals surface area contributed by atoms with Crippen molar-refractivity contribution in [2.45, 2.75) is 13.0 Å². The number of hydrogen-bond donors (Lipinski definition) is 1. The van der Waals surface area contributed by atoms with E-state index >= 15 is 0 Å². The molecule has 0 bridgehead atoms. The first-order valence-electron chi connectivity index (χ1n) is 11.1. The third kappa shape index (κ3) is 6.35. The summed E-state index contributed by atoms with van der Waals surface area (Å²) in [5.74, 6) is 0.692. The Hall–Kier alpha value is -4.46. The van der Waals surface area contributed by atoms with Gasteiger partial charge in [0.15, 0.2) is 11.5 Å². The zero-order chi connectivity index (χ0) is 26.1. The Morgan fingerprint density at radius 2 is 1.42 bits per heavy atom. The van der Waals surface area contributed by atoms with E-state index in [1.807, 2.05) is 19.1 Å². The zero-order valence-corrected chi connectivity index (χ0v) is 20.9. The van der Waals surface area contributed by atoms with E-state index in [1.165, 1.54) is 40.6 Å². The van der Waals surface area contributed by atoms with E-state index in [0.29, 0.717) is 39.8 Å². The van der Waals surface area contributed by atoms with Crippen LogP contribution >= 0.6 is 0 Å². The summed E-state index contributed by atoms with van der Waals surface area (Å²) in [5, 5.41) is 2.81. The van der Waals surface area contributed by atoms with Gasteiger partial charge in [-0.1, -0.05) is 36.4 Å². The quantitative estimate of drug-likeness (QED) is 0.316. The smallest absolute Gasteiger partial charge is 0.331 e. The molecule has 3 aromatic rings. The third-order valence-electron chi connectivity index (χ3n) is 5.32. The van der Waals surface area contributed by atoms with Gasteiger partial charge in [-0.25, -0.2) is 4.79 Å². The predicted molar refractivity (Wildman–Crippen MR) is 137 cm³/mol. The molecule has 8 nitrogen and oxygen atoms in total. The van der Waals surface area contributed by atoms with E-state index in [0.717, 1.165) is 5.56 Å². The van der Waals surface area contributed by atoms with Crippen molar-refractivity contribution in [2.75, 3.05) is 33.8 Å². The molecule has 0 radical (unpaired) electrons. The minimum Gasteiger partial charge on any atom is -0.496 e. The minimum atomic E-state index is -1.19. The molecule has 188 valence electrons. The van der Waals surface area contributed by atoms with Crippen LogP contribution in [0.15, 0.2) is 66.7 Å². The topological polar surface area (TPSA) is 92.3 Å². The average Bonchev–Trinajstić information content (AvgIpc) is 2.90. The van der Waals surface area contributed by atoms with E-state index in [4.69, 9.17) is 23.7 Å². The number of esters is 1. The van der Waals surface area contributed by atoms with Crippen LogP contribution in [0.1, 0.15) is 22.8 Å².